The molecule has 1 aliphatic rings. The van der Waals surface area contributed by atoms with Gasteiger partial charge in [0.2, 0.25) is 15.9 Å². The van der Waals surface area contributed by atoms with Gasteiger partial charge in [0.15, 0.2) is 11.5 Å². The van der Waals surface area contributed by atoms with Crippen LogP contribution in [-0.2, 0) is 14.8 Å². The van der Waals surface area contributed by atoms with Gasteiger partial charge < -0.3 is 14.8 Å². The molecule has 156 valence electrons. The van der Waals surface area contributed by atoms with E-state index in [4.69, 9.17) is 9.47 Å². The number of ether oxygens (including phenoxy) is 2. The van der Waals surface area contributed by atoms with Crippen molar-refractivity contribution in [2.75, 3.05) is 33.1 Å². The number of carbonyl (C=O) groups excluding carboxylic acids is 1. The number of amides is 1. The Morgan fingerprint density at radius 2 is 1.79 bits per heavy atom. The summed E-state index contributed by atoms with van der Waals surface area (Å²) in [6, 6.07) is 11.8. The lowest BCUT2D eigenvalue weighted by atomic mass is 10.1. The number of sulfonamides is 1. The van der Waals surface area contributed by atoms with E-state index in [1.54, 1.807) is 30.3 Å². The fourth-order valence-electron chi connectivity index (χ4n) is 2.91. The van der Waals surface area contributed by atoms with Gasteiger partial charge in [-0.2, -0.15) is 4.31 Å². The Kier molecular flexibility index (Phi) is 6.71. The number of carbonyl (C=O) groups is 1. The smallest absolute Gasteiger partial charge is 0.243 e. The van der Waals surface area contributed by atoms with Gasteiger partial charge in [-0.15, -0.1) is 11.8 Å². The van der Waals surface area contributed by atoms with Crippen LogP contribution in [0.5, 0.6) is 11.5 Å². The molecule has 1 amide bonds. The lowest BCUT2D eigenvalue weighted by Crippen LogP contribution is -2.39. The summed E-state index contributed by atoms with van der Waals surface area (Å²) in [4.78, 5) is 13.6. The minimum Gasteiger partial charge on any atom is -0.486 e. The number of hydrogen-bond acceptors (Lipinski definition) is 6. The SMILES string of the molecule is CSc1ccc(S(=O)(=O)N(C)CC(=O)N[C@H](C)c2ccc3c(c2)OCCO3)cc1. The molecule has 1 heterocycles. The molecule has 3 rings (SSSR count). The van der Waals surface area contributed by atoms with Crippen molar-refractivity contribution in [1.82, 2.24) is 9.62 Å². The molecular formula is C20H24N2O5S2. The first kappa shape index (κ1) is 21.5. The van der Waals surface area contributed by atoms with Crippen molar-refractivity contribution < 1.29 is 22.7 Å². The molecule has 0 aromatic heterocycles. The van der Waals surface area contributed by atoms with E-state index in [2.05, 4.69) is 5.32 Å². The number of likely N-dealkylation sites (N-methyl/N-ethyl adjacent to an activating group) is 1. The van der Waals surface area contributed by atoms with E-state index in [0.29, 0.717) is 24.7 Å². The molecule has 0 spiro atoms. The summed E-state index contributed by atoms with van der Waals surface area (Å²) in [6.45, 7) is 2.55. The van der Waals surface area contributed by atoms with Gasteiger partial charge in [0, 0.05) is 11.9 Å². The van der Waals surface area contributed by atoms with E-state index in [-0.39, 0.29) is 23.4 Å². The topological polar surface area (TPSA) is 84.9 Å². The zero-order valence-electron chi connectivity index (χ0n) is 16.5. The predicted molar refractivity (Wildman–Crippen MR) is 112 cm³/mol. The largest absolute Gasteiger partial charge is 0.486 e. The van der Waals surface area contributed by atoms with E-state index in [9.17, 15) is 13.2 Å². The molecule has 7 nitrogen and oxygen atoms in total. The highest BCUT2D eigenvalue weighted by Crippen LogP contribution is 2.32. The third kappa shape index (κ3) is 5.04. The molecular weight excluding hydrogens is 412 g/mol. The van der Waals surface area contributed by atoms with Crippen molar-refractivity contribution in [3.63, 3.8) is 0 Å². The molecule has 0 saturated heterocycles. The van der Waals surface area contributed by atoms with Gasteiger partial charge in [-0.3, -0.25) is 4.79 Å². The summed E-state index contributed by atoms with van der Waals surface area (Å²) in [5.41, 5.74) is 0.848. The van der Waals surface area contributed by atoms with Crippen LogP contribution in [-0.4, -0.2) is 51.7 Å². The molecule has 9 heteroatoms. The van der Waals surface area contributed by atoms with Crippen LogP contribution >= 0.6 is 11.8 Å². The minimum atomic E-state index is -3.74. The van der Waals surface area contributed by atoms with Crippen LogP contribution in [0.4, 0.5) is 0 Å². The molecule has 0 aliphatic carbocycles. The maximum Gasteiger partial charge on any atom is 0.243 e. The minimum absolute atomic E-state index is 0.158. The second-order valence-corrected chi connectivity index (χ2v) is 9.55. The maximum atomic E-state index is 12.7. The number of nitrogens with one attached hydrogen (secondary N) is 1. The Labute approximate surface area is 175 Å². The zero-order chi connectivity index (χ0) is 21.0. The van der Waals surface area contributed by atoms with Crippen LogP contribution in [0.1, 0.15) is 18.5 Å². The fourth-order valence-corrected chi connectivity index (χ4v) is 4.45. The van der Waals surface area contributed by atoms with E-state index >= 15 is 0 Å². The monoisotopic (exact) mass is 436 g/mol. The second-order valence-electron chi connectivity index (χ2n) is 6.63. The Morgan fingerprint density at radius 1 is 1.14 bits per heavy atom. The normalized spacial score (nSPS) is 14.5. The van der Waals surface area contributed by atoms with Gasteiger partial charge in [0.25, 0.3) is 0 Å². The Balaban J connectivity index is 1.63. The predicted octanol–water partition coefficient (Wildman–Crippen LogP) is 2.68. The van der Waals surface area contributed by atoms with Gasteiger partial charge in [0.1, 0.15) is 13.2 Å². The van der Waals surface area contributed by atoms with Gasteiger partial charge >= 0.3 is 0 Å². The number of benzene rings is 2. The van der Waals surface area contributed by atoms with Gasteiger partial charge in [0.05, 0.1) is 17.5 Å². The lowest BCUT2D eigenvalue weighted by Gasteiger charge is -2.22. The van der Waals surface area contributed by atoms with Gasteiger partial charge in [-0.05, 0) is 55.1 Å². The first-order valence-corrected chi connectivity index (χ1v) is 11.8. The fraction of sp³-hybridized carbons (Fsp3) is 0.350. The van der Waals surface area contributed by atoms with Crippen LogP contribution in [0.2, 0.25) is 0 Å². The summed E-state index contributed by atoms with van der Waals surface area (Å²) in [7, 11) is -2.35. The highest BCUT2D eigenvalue weighted by Gasteiger charge is 2.24. The molecule has 2 aromatic rings. The molecule has 0 radical (unpaired) electrons. The van der Waals surface area contributed by atoms with E-state index < -0.39 is 10.0 Å². The van der Waals surface area contributed by atoms with Gasteiger partial charge in [-0.25, -0.2) is 8.42 Å². The standard InChI is InChI=1S/C20H24N2O5S2/c1-14(15-4-9-18-19(12-15)27-11-10-26-18)21-20(23)13-22(2)29(24,25)17-7-5-16(28-3)6-8-17/h4-9,12,14H,10-11,13H2,1-3H3,(H,21,23)/t14-/m1/s1. The van der Waals surface area contributed by atoms with Crippen molar-refractivity contribution in [2.24, 2.45) is 0 Å². The molecule has 0 saturated carbocycles. The van der Waals surface area contributed by atoms with E-state index in [1.165, 1.54) is 18.8 Å². The summed E-state index contributed by atoms with van der Waals surface area (Å²) >= 11 is 1.53. The average Bonchev–Trinajstić information content (AvgIpc) is 2.73. The van der Waals surface area contributed by atoms with Crippen molar-refractivity contribution in [3.05, 3.63) is 48.0 Å². The number of nitrogens with zero attached hydrogens (tertiary/aromatic N) is 1. The number of hydrogen-bond donors (Lipinski definition) is 1. The average molecular weight is 437 g/mol. The molecule has 0 fully saturated rings. The van der Waals surface area contributed by atoms with Crippen molar-refractivity contribution in [3.8, 4) is 11.5 Å². The summed E-state index contributed by atoms with van der Waals surface area (Å²) < 4.78 is 37.5. The van der Waals surface area contributed by atoms with Crippen LogP contribution in [0.25, 0.3) is 0 Å². The van der Waals surface area contributed by atoms with Crippen molar-refractivity contribution >= 4 is 27.7 Å². The molecule has 1 atom stereocenters. The van der Waals surface area contributed by atoms with Crippen molar-refractivity contribution in [2.45, 2.75) is 22.8 Å². The molecule has 0 unspecified atom stereocenters. The highest BCUT2D eigenvalue weighted by atomic mass is 32.2. The van der Waals surface area contributed by atoms with Crippen LogP contribution in [0, 0.1) is 0 Å². The van der Waals surface area contributed by atoms with Crippen LogP contribution in [0.3, 0.4) is 0 Å². The summed E-state index contributed by atoms with van der Waals surface area (Å²) in [6.07, 6.45) is 1.92. The Hall–Kier alpha value is -2.23. The van der Waals surface area contributed by atoms with Crippen molar-refractivity contribution in [1.29, 1.82) is 0 Å². The number of rotatable bonds is 7. The number of thioether (sulfide) groups is 1. The van der Waals surface area contributed by atoms with E-state index in [0.717, 1.165) is 14.8 Å². The van der Waals surface area contributed by atoms with Crippen LogP contribution < -0.4 is 14.8 Å². The zero-order valence-corrected chi connectivity index (χ0v) is 18.2. The third-order valence-corrected chi connectivity index (χ3v) is 7.14. The van der Waals surface area contributed by atoms with Gasteiger partial charge in [-0.1, -0.05) is 6.07 Å². The summed E-state index contributed by atoms with van der Waals surface area (Å²) in [5, 5.41) is 2.83. The quantitative estimate of drug-likeness (QED) is 0.672. The van der Waals surface area contributed by atoms with Crippen LogP contribution in [0.15, 0.2) is 52.3 Å². The second kappa shape index (κ2) is 9.06. The third-order valence-electron chi connectivity index (χ3n) is 4.58. The highest BCUT2D eigenvalue weighted by molar-refractivity contribution is 7.98. The molecule has 0 bridgehead atoms. The first-order chi connectivity index (χ1) is 13.8. The first-order valence-electron chi connectivity index (χ1n) is 9.10. The van der Waals surface area contributed by atoms with E-state index in [1.807, 2.05) is 25.3 Å². The molecule has 29 heavy (non-hydrogen) atoms. The summed E-state index contributed by atoms with van der Waals surface area (Å²) in [5.74, 6) is 0.930. The lowest BCUT2D eigenvalue weighted by molar-refractivity contribution is -0.121. The molecule has 1 aliphatic heterocycles. The molecule has 2 aromatic carbocycles. The molecule has 1 N–H and O–H groups in total. The number of fused-ring (bicyclic) bond motifs is 1. The Morgan fingerprint density at radius 3 is 2.45 bits per heavy atom. The Bertz CT molecular complexity index is 977. The maximum absolute atomic E-state index is 12.7.